The van der Waals surface area contributed by atoms with Crippen LogP contribution < -0.4 is 5.32 Å². The zero-order chi connectivity index (χ0) is 15.2. The van der Waals surface area contributed by atoms with E-state index in [1.807, 2.05) is 19.1 Å². The summed E-state index contributed by atoms with van der Waals surface area (Å²) in [6, 6.07) is 12.3. The first-order valence-electron chi connectivity index (χ1n) is 6.57. The van der Waals surface area contributed by atoms with E-state index in [2.05, 4.69) is 10.3 Å². The number of nitrogens with zero attached hydrogens (tertiary/aromatic N) is 1. The van der Waals surface area contributed by atoms with Crippen LogP contribution in [0.15, 0.2) is 42.5 Å². The number of Topliss-reactive ketones (excluding diaryl/α,β-unsaturated/α-hetero) is 1. The zero-order valence-corrected chi connectivity index (χ0v) is 12.4. The number of amides is 1. The molecule has 0 aliphatic heterocycles. The Balaban J connectivity index is 1.86. The van der Waals surface area contributed by atoms with E-state index in [4.69, 9.17) is 11.6 Å². The van der Waals surface area contributed by atoms with Crippen LogP contribution in [0.25, 0.3) is 0 Å². The lowest BCUT2D eigenvalue weighted by molar-refractivity contribution is -0.116. The van der Waals surface area contributed by atoms with Crippen molar-refractivity contribution in [1.29, 1.82) is 0 Å². The van der Waals surface area contributed by atoms with Gasteiger partial charge in [-0.3, -0.25) is 9.59 Å². The summed E-state index contributed by atoms with van der Waals surface area (Å²) in [6.45, 7) is 1.96. The van der Waals surface area contributed by atoms with Gasteiger partial charge in [-0.25, -0.2) is 4.98 Å². The lowest BCUT2D eigenvalue weighted by Crippen LogP contribution is -2.14. The summed E-state index contributed by atoms with van der Waals surface area (Å²) in [4.78, 5) is 27.7. The van der Waals surface area contributed by atoms with Crippen LogP contribution in [-0.4, -0.2) is 16.7 Å². The molecule has 1 aromatic heterocycles. The average molecular weight is 303 g/mol. The Hall–Kier alpha value is -2.20. The number of pyridine rings is 1. The quantitative estimate of drug-likeness (QED) is 0.677. The van der Waals surface area contributed by atoms with E-state index in [1.54, 1.807) is 30.3 Å². The number of aryl methyl sites for hydroxylation is 1. The molecular formula is C16H15ClN2O2. The van der Waals surface area contributed by atoms with Crippen LogP contribution in [0.2, 0.25) is 5.15 Å². The van der Waals surface area contributed by atoms with Gasteiger partial charge >= 0.3 is 0 Å². The topological polar surface area (TPSA) is 59.1 Å². The Bertz CT molecular complexity index is 654. The van der Waals surface area contributed by atoms with Gasteiger partial charge in [-0.15, -0.1) is 0 Å². The number of nitrogens with one attached hydrogen (secondary N) is 1. The Labute approximate surface area is 128 Å². The lowest BCUT2D eigenvalue weighted by Gasteiger charge is -2.04. The Morgan fingerprint density at radius 1 is 1.10 bits per heavy atom. The first-order chi connectivity index (χ1) is 10.0. The largest absolute Gasteiger partial charge is 0.311 e. The molecule has 2 aromatic rings. The second-order valence-corrected chi connectivity index (χ2v) is 5.07. The van der Waals surface area contributed by atoms with Gasteiger partial charge in [0.1, 0.15) is 11.0 Å². The molecule has 4 nitrogen and oxygen atoms in total. The molecule has 21 heavy (non-hydrogen) atoms. The van der Waals surface area contributed by atoms with Gasteiger partial charge in [-0.05, 0) is 19.1 Å². The van der Waals surface area contributed by atoms with Crippen molar-refractivity contribution < 1.29 is 9.59 Å². The molecule has 0 aliphatic rings. The molecule has 5 heteroatoms. The molecule has 1 aromatic carbocycles. The van der Waals surface area contributed by atoms with Gasteiger partial charge in [0, 0.05) is 18.4 Å². The average Bonchev–Trinajstić information content (AvgIpc) is 2.45. The predicted molar refractivity (Wildman–Crippen MR) is 82.6 cm³/mol. The highest BCUT2D eigenvalue weighted by Crippen LogP contribution is 2.11. The number of benzene rings is 1. The van der Waals surface area contributed by atoms with Crippen molar-refractivity contribution >= 4 is 29.1 Å². The number of hydrogen-bond donors (Lipinski definition) is 1. The van der Waals surface area contributed by atoms with Crippen molar-refractivity contribution in [2.45, 2.75) is 19.8 Å². The summed E-state index contributed by atoms with van der Waals surface area (Å²) in [5.41, 5.74) is 1.71. The van der Waals surface area contributed by atoms with E-state index >= 15 is 0 Å². The number of rotatable bonds is 5. The van der Waals surface area contributed by atoms with Crippen LogP contribution in [0, 0.1) is 6.92 Å². The fourth-order valence-electron chi connectivity index (χ4n) is 1.79. The van der Waals surface area contributed by atoms with Crippen LogP contribution in [0.3, 0.4) is 0 Å². The Kier molecular flexibility index (Phi) is 5.06. The molecule has 0 spiro atoms. The van der Waals surface area contributed by atoms with E-state index in [9.17, 15) is 9.59 Å². The molecule has 108 valence electrons. The molecule has 1 N–H and O–H groups in total. The minimum absolute atomic E-state index is 0.0517. The highest BCUT2D eigenvalue weighted by atomic mass is 35.5. The van der Waals surface area contributed by atoms with Crippen molar-refractivity contribution in [3.05, 3.63) is 58.7 Å². The third-order valence-electron chi connectivity index (χ3n) is 2.94. The van der Waals surface area contributed by atoms with Crippen molar-refractivity contribution in [2.24, 2.45) is 0 Å². The first-order valence-corrected chi connectivity index (χ1v) is 6.94. The van der Waals surface area contributed by atoms with Gasteiger partial charge in [0.05, 0.1) is 0 Å². The second-order valence-electron chi connectivity index (χ2n) is 4.68. The van der Waals surface area contributed by atoms with Gasteiger partial charge in [0.2, 0.25) is 5.91 Å². The van der Waals surface area contributed by atoms with Crippen LogP contribution in [0.1, 0.15) is 28.8 Å². The smallest absolute Gasteiger partial charge is 0.225 e. The molecule has 2 rings (SSSR count). The van der Waals surface area contributed by atoms with E-state index in [0.717, 1.165) is 5.56 Å². The van der Waals surface area contributed by atoms with Crippen molar-refractivity contribution in [3.8, 4) is 0 Å². The fraction of sp³-hybridized carbons (Fsp3) is 0.188. The maximum absolute atomic E-state index is 12.0. The van der Waals surface area contributed by atoms with Crippen LogP contribution in [0.4, 0.5) is 5.82 Å². The summed E-state index contributed by atoms with van der Waals surface area (Å²) in [7, 11) is 0. The molecule has 0 atom stereocenters. The van der Waals surface area contributed by atoms with E-state index in [-0.39, 0.29) is 24.5 Å². The van der Waals surface area contributed by atoms with Gasteiger partial charge < -0.3 is 5.32 Å². The van der Waals surface area contributed by atoms with Crippen molar-refractivity contribution in [2.75, 3.05) is 5.32 Å². The Morgan fingerprint density at radius 2 is 1.81 bits per heavy atom. The number of carbonyl (C=O) groups excluding carboxylic acids is 2. The molecule has 1 heterocycles. The summed E-state index contributed by atoms with van der Waals surface area (Å²) in [5.74, 6) is 0.0738. The zero-order valence-electron chi connectivity index (χ0n) is 11.6. The number of aromatic nitrogens is 1. The van der Waals surface area contributed by atoms with E-state index in [1.165, 1.54) is 0 Å². The Morgan fingerprint density at radius 3 is 2.48 bits per heavy atom. The maximum Gasteiger partial charge on any atom is 0.225 e. The molecule has 0 aliphatic carbocycles. The third-order valence-corrected chi connectivity index (χ3v) is 3.15. The molecule has 0 bridgehead atoms. The third kappa shape index (κ3) is 4.68. The van der Waals surface area contributed by atoms with Crippen molar-refractivity contribution in [3.63, 3.8) is 0 Å². The highest BCUT2D eigenvalue weighted by molar-refractivity contribution is 6.29. The number of anilines is 1. The van der Waals surface area contributed by atoms with Gasteiger partial charge in [-0.2, -0.15) is 0 Å². The highest BCUT2D eigenvalue weighted by Gasteiger charge is 2.10. The predicted octanol–water partition coefficient (Wildman–Crippen LogP) is 3.65. The molecule has 1 amide bonds. The minimum atomic E-state index is -0.259. The molecule has 0 saturated carbocycles. The summed E-state index contributed by atoms with van der Waals surface area (Å²) >= 11 is 5.73. The van der Waals surface area contributed by atoms with Crippen LogP contribution in [-0.2, 0) is 4.79 Å². The monoisotopic (exact) mass is 302 g/mol. The number of carbonyl (C=O) groups is 2. The van der Waals surface area contributed by atoms with E-state index in [0.29, 0.717) is 16.5 Å². The molecule has 0 saturated heterocycles. The van der Waals surface area contributed by atoms with Gasteiger partial charge in [0.25, 0.3) is 0 Å². The lowest BCUT2D eigenvalue weighted by atomic mass is 10.1. The summed E-state index contributed by atoms with van der Waals surface area (Å²) < 4.78 is 0. The van der Waals surface area contributed by atoms with Crippen LogP contribution in [0.5, 0.6) is 0 Å². The van der Waals surface area contributed by atoms with Crippen molar-refractivity contribution in [1.82, 2.24) is 4.98 Å². The van der Waals surface area contributed by atoms with E-state index < -0.39 is 0 Å². The summed E-state index contributed by atoms with van der Waals surface area (Å²) in [5, 5.41) is 2.92. The SMILES string of the molecule is Cc1ccc(C(=O)CCC(=O)Nc2cccc(Cl)n2)cc1. The first kappa shape index (κ1) is 15.2. The summed E-state index contributed by atoms with van der Waals surface area (Å²) in [6.07, 6.45) is 0.274. The van der Waals surface area contributed by atoms with Gasteiger partial charge in [0.15, 0.2) is 5.78 Å². The molecule has 0 unspecified atom stereocenters. The maximum atomic E-state index is 12.0. The fourth-order valence-corrected chi connectivity index (χ4v) is 1.96. The van der Waals surface area contributed by atoms with Crippen LogP contribution >= 0.6 is 11.6 Å². The standard InChI is InChI=1S/C16H15ClN2O2/c1-11-5-7-12(8-6-11)13(20)9-10-16(21)19-15-4-2-3-14(17)18-15/h2-8H,9-10H2,1H3,(H,18,19,21). The molecule has 0 fully saturated rings. The normalized spacial score (nSPS) is 10.2. The number of halogens is 1. The number of hydrogen-bond acceptors (Lipinski definition) is 3. The number of ketones is 1. The molecular weight excluding hydrogens is 288 g/mol. The van der Waals surface area contributed by atoms with Gasteiger partial charge in [-0.1, -0.05) is 47.5 Å². The minimum Gasteiger partial charge on any atom is -0.311 e. The second kappa shape index (κ2) is 6.99. The molecule has 0 radical (unpaired) electrons.